The third-order valence-corrected chi connectivity index (χ3v) is 15.8. The molecule has 5 aliphatic carbocycles. The summed E-state index contributed by atoms with van der Waals surface area (Å²) in [6, 6.07) is -0.0676. The summed E-state index contributed by atoms with van der Waals surface area (Å²) in [7, 11) is 0. The molecule has 47 heavy (non-hydrogen) atoms. The summed E-state index contributed by atoms with van der Waals surface area (Å²) in [5, 5.41) is 36.9. The van der Waals surface area contributed by atoms with Crippen LogP contribution < -0.4 is 5.32 Å². The van der Waals surface area contributed by atoms with Crippen molar-refractivity contribution in [1.82, 2.24) is 10.2 Å². The van der Waals surface area contributed by atoms with Crippen molar-refractivity contribution in [3.63, 3.8) is 0 Å². The lowest BCUT2D eigenvalue weighted by atomic mass is 9.41. The summed E-state index contributed by atoms with van der Waals surface area (Å²) < 4.78 is 19.5. The standard InChI is InChI=1S/C38H59N2O7/c1-21-18-23(30(41)34(4,5)44)46-29-28(21)35(6)13-14-38-20-37(38)12-10-26(33(2,3)24(37)8-9-25(38)36(35,7)31(29)42)47-27-19-40(16-17-45-27)22-11-15-39-32(22)43/h21-22,24,26-28,30-31,41-42,44H,8-20H2,1-7H3,(H,39,43)/t21-,22?,24+,26?,27+,28+,30+,31+,35-,36-,37-,38+/m1/s1. The second-order valence-electron chi connectivity index (χ2n) is 18.6. The molecule has 0 aromatic carbocycles. The number of nitrogens with one attached hydrogen (secondary N) is 1. The Kier molecular flexibility index (Phi) is 7.53. The number of fused-ring (bicyclic) bond motifs is 4. The average molecular weight is 656 g/mol. The Labute approximate surface area is 281 Å². The Balaban J connectivity index is 1.02. The minimum atomic E-state index is -1.31. The van der Waals surface area contributed by atoms with Crippen molar-refractivity contribution in [2.75, 3.05) is 26.2 Å². The molecule has 9 heteroatoms. The van der Waals surface area contributed by atoms with Crippen LogP contribution in [0.2, 0.25) is 0 Å². The van der Waals surface area contributed by atoms with E-state index in [1.54, 1.807) is 19.8 Å². The first kappa shape index (κ1) is 33.3. The maximum Gasteiger partial charge on any atom is 0.237 e. The molecule has 5 saturated carbocycles. The van der Waals surface area contributed by atoms with Gasteiger partial charge in [-0.15, -0.1) is 0 Å². The van der Waals surface area contributed by atoms with Crippen LogP contribution in [-0.2, 0) is 19.0 Å². The lowest BCUT2D eigenvalue weighted by Gasteiger charge is -2.63. The molecule has 0 aromatic heterocycles. The van der Waals surface area contributed by atoms with Crippen LogP contribution in [-0.4, -0.2) is 88.6 Å². The molecule has 2 spiro atoms. The van der Waals surface area contributed by atoms with E-state index in [1.807, 2.05) is 0 Å². The minimum absolute atomic E-state index is 0.0168. The summed E-state index contributed by atoms with van der Waals surface area (Å²) in [5.74, 6) is 2.58. The van der Waals surface area contributed by atoms with Gasteiger partial charge in [0.1, 0.15) is 18.3 Å². The number of amides is 1. The second-order valence-corrected chi connectivity index (χ2v) is 18.6. The van der Waals surface area contributed by atoms with Gasteiger partial charge in [-0.25, -0.2) is 0 Å². The molecule has 0 bridgehead atoms. The molecule has 0 aromatic rings. The van der Waals surface area contributed by atoms with Crippen LogP contribution in [0.1, 0.15) is 106 Å². The molecule has 8 rings (SSSR count). The highest BCUT2D eigenvalue weighted by Gasteiger charge is 2.85. The molecule has 8 aliphatic rings. The summed E-state index contributed by atoms with van der Waals surface area (Å²) >= 11 is 0. The summed E-state index contributed by atoms with van der Waals surface area (Å²) in [6.45, 7) is 17.8. The van der Waals surface area contributed by atoms with Crippen LogP contribution in [0.25, 0.3) is 0 Å². The number of carbonyl (C=O) groups excluding carboxylic acids is 1. The van der Waals surface area contributed by atoms with Crippen LogP contribution in [0.3, 0.4) is 0 Å². The maximum absolute atomic E-state index is 12.4. The number of hydrogen-bond acceptors (Lipinski definition) is 8. The topological polar surface area (TPSA) is 121 Å². The van der Waals surface area contributed by atoms with Crippen LogP contribution in [0.5, 0.6) is 0 Å². The lowest BCUT2D eigenvalue weighted by molar-refractivity contribution is -0.245. The highest BCUT2D eigenvalue weighted by atomic mass is 16.7. The largest absolute Gasteiger partial charge is 0.389 e. The zero-order valence-electron chi connectivity index (χ0n) is 29.7. The number of nitrogens with zero attached hydrogens (tertiary/aromatic N) is 1. The van der Waals surface area contributed by atoms with E-state index < -0.39 is 23.2 Å². The van der Waals surface area contributed by atoms with Gasteiger partial charge in [0.2, 0.25) is 5.91 Å². The zero-order chi connectivity index (χ0) is 33.5. The number of rotatable bonds is 5. The zero-order valence-corrected chi connectivity index (χ0v) is 29.7. The Morgan fingerprint density at radius 3 is 2.57 bits per heavy atom. The van der Waals surface area contributed by atoms with Gasteiger partial charge < -0.3 is 34.8 Å². The smallest absolute Gasteiger partial charge is 0.237 e. The molecule has 3 heterocycles. The molecule has 1 amide bonds. The Hall–Kier alpha value is -0.810. The quantitative estimate of drug-likeness (QED) is 0.349. The monoisotopic (exact) mass is 655 g/mol. The fraction of sp³-hybridized carbons (Fsp3) is 0.895. The van der Waals surface area contributed by atoms with Crippen molar-refractivity contribution in [3.05, 3.63) is 18.1 Å². The first-order valence-electron chi connectivity index (χ1n) is 18.7. The minimum Gasteiger partial charge on any atom is -0.389 e. The van der Waals surface area contributed by atoms with Crippen molar-refractivity contribution >= 4 is 5.91 Å². The number of carbonyl (C=O) groups is 1. The highest BCUT2D eigenvalue weighted by Crippen LogP contribution is 2.90. The van der Waals surface area contributed by atoms with E-state index in [0.717, 1.165) is 57.7 Å². The summed E-state index contributed by atoms with van der Waals surface area (Å²) in [4.78, 5) is 14.7. The number of ether oxygens (including phenoxy) is 3. The van der Waals surface area contributed by atoms with Gasteiger partial charge in [-0.1, -0.05) is 34.6 Å². The molecule has 3 aliphatic heterocycles. The molecule has 8 fully saturated rings. The van der Waals surface area contributed by atoms with E-state index in [4.69, 9.17) is 14.2 Å². The number of hydrogen-bond donors (Lipinski definition) is 4. The first-order chi connectivity index (χ1) is 22.0. The molecule has 3 radical (unpaired) electrons. The van der Waals surface area contributed by atoms with E-state index in [1.165, 1.54) is 12.8 Å². The Morgan fingerprint density at radius 1 is 1.11 bits per heavy atom. The van der Waals surface area contributed by atoms with Gasteiger partial charge in [-0.3, -0.25) is 9.69 Å². The number of morpholine rings is 1. The molecular formula is C38H59N2O7. The van der Waals surface area contributed by atoms with E-state index in [0.29, 0.717) is 31.6 Å². The highest BCUT2D eigenvalue weighted by molar-refractivity contribution is 5.83. The third kappa shape index (κ3) is 4.35. The maximum atomic E-state index is 12.4. The van der Waals surface area contributed by atoms with Crippen LogP contribution in [0.4, 0.5) is 0 Å². The molecule has 3 saturated heterocycles. The predicted molar refractivity (Wildman–Crippen MR) is 175 cm³/mol. The van der Waals surface area contributed by atoms with E-state index in [-0.39, 0.29) is 57.8 Å². The molecule has 9 nitrogen and oxygen atoms in total. The molecule has 263 valence electrons. The van der Waals surface area contributed by atoms with Gasteiger partial charge in [0, 0.05) is 24.4 Å². The second kappa shape index (κ2) is 10.6. The van der Waals surface area contributed by atoms with Gasteiger partial charge in [0.25, 0.3) is 0 Å². The predicted octanol–water partition coefficient (Wildman–Crippen LogP) is 4.15. The fourth-order valence-corrected chi connectivity index (χ4v) is 13.4. The van der Waals surface area contributed by atoms with Crippen LogP contribution in [0, 0.1) is 63.0 Å². The lowest BCUT2D eigenvalue weighted by Crippen LogP contribution is -2.59. The van der Waals surface area contributed by atoms with Crippen LogP contribution >= 0.6 is 0 Å². The van der Waals surface area contributed by atoms with Gasteiger partial charge in [0.05, 0.1) is 37.0 Å². The van der Waals surface area contributed by atoms with Gasteiger partial charge in [-0.2, -0.15) is 0 Å². The van der Waals surface area contributed by atoms with Gasteiger partial charge >= 0.3 is 0 Å². The van der Waals surface area contributed by atoms with Crippen molar-refractivity contribution in [3.8, 4) is 0 Å². The Morgan fingerprint density at radius 2 is 1.87 bits per heavy atom. The molecule has 12 atom stereocenters. The van der Waals surface area contributed by atoms with E-state index in [2.05, 4.69) is 44.8 Å². The van der Waals surface area contributed by atoms with E-state index >= 15 is 0 Å². The molecule has 4 N–H and O–H groups in total. The molecule has 2 unspecified atom stereocenters. The number of aliphatic hydroxyl groups is 3. The normalized spacial score (nSPS) is 50.9. The average Bonchev–Trinajstić information content (AvgIpc) is 3.41. The summed E-state index contributed by atoms with van der Waals surface area (Å²) in [5.41, 5.74) is -1.45. The SMILES string of the molecule is C[C@@H]1C[C]([C@H](O)C(C)(C)O)O[C]2[C@H]1[C@@]1(C)CC[C@@]34C[C@@]35CCC(O[C@H]3CN(C6CCNC6=O)CCO3)C(C)(C)[C@@H]5CC[C]4[C@]1(C)[C@H]2O. The Bertz CT molecular complexity index is 1270. The van der Waals surface area contributed by atoms with Crippen LogP contribution in [0.15, 0.2) is 0 Å². The van der Waals surface area contributed by atoms with Gasteiger partial charge in [-0.05, 0) is 111 Å². The summed E-state index contributed by atoms with van der Waals surface area (Å²) in [6.07, 6.45) is 8.34. The van der Waals surface area contributed by atoms with Gasteiger partial charge in [0.15, 0.2) is 6.29 Å². The van der Waals surface area contributed by atoms with Crippen molar-refractivity contribution in [2.24, 2.45) is 44.8 Å². The van der Waals surface area contributed by atoms with Crippen molar-refractivity contribution < 1.29 is 34.3 Å². The first-order valence-corrected chi connectivity index (χ1v) is 18.7. The fourth-order valence-electron chi connectivity index (χ4n) is 13.4. The van der Waals surface area contributed by atoms with E-state index in [9.17, 15) is 20.1 Å². The van der Waals surface area contributed by atoms with Crippen molar-refractivity contribution in [1.29, 1.82) is 0 Å². The third-order valence-electron chi connectivity index (χ3n) is 15.8. The van der Waals surface area contributed by atoms with Crippen molar-refractivity contribution in [2.45, 2.75) is 142 Å². The molecular weight excluding hydrogens is 596 g/mol. The number of aliphatic hydroxyl groups excluding tert-OH is 2.